The lowest BCUT2D eigenvalue weighted by Crippen LogP contribution is -2.49. The highest BCUT2D eigenvalue weighted by atomic mass is 32.1. The van der Waals surface area contributed by atoms with Gasteiger partial charge in [0.15, 0.2) is 5.13 Å². The molecule has 0 saturated carbocycles. The summed E-state index contributed by atoms with van der Waals surface area (Å²) in [7, 11) is 0. The number of carbonyl (C=O) groups is 3. The van der Waals surface area contributed by atoms with Gasteiger partial charge in [-0.05, 0) is 24.3 Å². The van der Waals surface area contributed by atoms with Crippen LogP contribution < -0.4 is 20.9 Å². The van der Waals surface area contributed by atoms with Crippen LogP contribution in [0.5, 0.6) is 0 Å². The smallest absolute Gasteiger partial charge is 0.255 e. The van der Waals surface area contributed by atoms with Crippen molar-refractivity contribution in [3.63, 3.8) is 0 Å². The van der Waals surface area contributed by atoms with E-state index >= 15 is 0 Å². The van der Waals surface area contributed by atoms with Gasteiger partial charge in [0.25, 0.3) is 5.91 Å². The minimum absolute atomic E-state index is 0.0933. The number of fused-ring (bicyclic) bond motifs is 1. The second kappa shape index (κ2) is 7.96. The van der Waals surface area contributed by atoms with Gasteiger partial charge in [0.05, 0.1) is 29.2 Å². The summed E-state index contributed by atoms with van der Waals surface area (Å²) in [6.07, 6.45) is -0.686. The average Bonchev–Trinajstić information content (AvgIpc) is 3.20. The molecule has 30 heavy (non-hydrogen) atoms. The lowest BCUT2D eigenvalue weighted by atomic mass is 10.1. The molecule has 0 aliphatic carbocycles. The minimum atomic E-state index is -0.686. The first-order chi connectivity index (χ1) is 14.5. The Labute approximate surface area is 176 Å². The van der Waals surface area contributed by atoms with Crippen LogP contribution in [0.1, 0.15) is 29.1 Å². The number of amides is 3. The zero-order chi connectivity index (χ0) is 21.3. The first-order valence-electron chi connectivity index (χ1n) is 9.21. The summed E-state index contributed by atoms with van der Waals surface area (Å²) in [6.45, 7) is 1.37. The molecule has 8 nitrogen and oxygen atoms in total. The van der Waals surface area contributed by atoms with Crippen LogP contribution in [0.15, 0.2) is 60.0 Å². The Morgan fingerprint density at radius 2 is 1.87 bits per heavy atom. The first-order valence-corrected chi connectivity index (χ1v) is 10.1. The van der Waals surface area contributed by atoms with Crippen molar-refractivity contribution in [2.45, 2.75) is 13.1 Å². The molecule has 4 rings (SSSR count). The van der Waals surface area contributed by atoms with Crippen molar-refractivity contribution in [3.05, 3.63) is 71.2 Å². The summed E-state index contributed by atoms with van der Waals surface area (Å²) in [6, 6.07) is 16.2. The molecule has 152 valence electrons. The quantitative estimate of drug-likeness (QED) is 0.658. The molecule has 0 radical (unpaired) electrons. The molecule has 0 spiro atoms. The molecule has 1 aromatic heterocycles. The molecule has 1 aliphatic heterocycles. The van der Waals surface area contributed by atoms with Gasteiger partial charge in [-0.15, -0.1) is 11.3 Å². The van der Waals surface area contributed by atoms with Crippen molar-refractivity contribution in [2.75, 3.05) is 16.3 Å². The number of para-hydroxylation sites is 2. The van der Waals surface area contributed by atoms with Crippen molar-refractivity contribution < 1.29 is 14.4 Å². The van der Waals surface area contributed by atoms with Crippen LogP contribution in [-0.4, -0.2) is 29.3 Å². The van der Waals surface area contributed by atoms with Gasteiger partial charge in [0.1, 0.15) is 6.17 Å². The molecule has 2 aromatic carbocycles. The highest BCUT2D eigenvalue weighted by molar-refractivity contribution is 7.14. The van der Waals surface area contributed by atoms with Gasteiger partial charge in [-0.25, -0.2) is 4.98 Å². The van der Waals surface area contributed by atoms with E-state index in [0.717, 1.165) is 0 Å². The summed E-state index contributed by atoms with van der Waals surface area (Å²) in [5.41, 5.74) is 7.73. The van der Waals surface area contributed by atoms with Gasteiger partial charge in [-0.3, -0.25) is 19.3 Å². The predicted octanol–water partition coefficient (Wildman–Crippen LogP) is 2.56. The van der Waals surface area contributed by atoms with E-state index in [0.29, 0.717) is 27.8 Å². The molecular formula is C21H19N5O3S. The number of thiazole rings is 1. The molecule has 3 aromatic rings. The van der Waals surface area contributed by atoms with Crippen LogP contribution in [0.2, 0.25) is 0 Å². The molecule has 3 amide bonds. The molecule has 3 N–H and O–H groups in total. The predicted molar refractivity (Wildman–Crippen MR) is 115 cm³/mol. The Morgan fingerprint density at radius 3 is 2.57 bits per heavy atom. The van der Waals surface area contributed by atoms with E-state index < -0.39 is 12.1 Å². The lowest BCUT2D eigenvalue weighted by molar-refractivity contribution is -0.117. The maximum Gasteiger partial charge on any atom is 0.255 e. The molecular weight excluding hydrogens is 402 g/mol. The van der Waals surface area contributed by atoms with Crippen LogP contribution in [-0.2, 0) is 9.59 Å². The van der Waals surface area contributed by atoms with Gasteiger partial charge in [0.2, 0.25) is 11.8 Å². The van der Waals surface area contributed by atoms with Crippen molar-refractivity contribution >= 4 is 45.6 Å². The second-order valence-corrected chi connectivity index (χ2v) is 7.57. The summed E-state index contributed by atoms with van der Waals surface area (Å²) >= 11 is 1.28. The van der Waals surface area contributed by atoms with E-state index in [2.05, 4.69) is 10.3 Å². The van der Waals surface area contributed by atoms with E-state index in [-0.39, 0.29) is 18.4 Å². The number of nitrogens with two attached hydrogens (primary N) is 1. The molecule has 2 heterocycles. The van der Waals surface area contributed by atoms with Gasteiger partial charge < -0.3 is 16.0 Å². The average molecular weight is 421 g/mol. The van der Waals surface area contributed by atoms with Gasteiger partial charge in [0, 0.05) is 12.3 Å². The first kappa shape index (κ1) is 19.6. The van der Waals surface area contributed by atoms with E-state index in [1.165, 1.54) is 23.2 Å². The van der Waals surface area contributed by atoms with E-state index in [9.17, 15) is 14.4 Å². The van der Waals surface area contributed by atoms with Crippen molar-refractivity contribution in [1.82, 2.24) is 10.3 Å². The van der Waals surface area contributed by atoms with Crippen LogP contribution in [0, 0.1) is 0 Å². The molecule has 1 atom stereocenters. The number of nitrogens with one attached hydrogen (secondary N) is 1. The summed E-state index contributed by atoms with van der Waals surface area (Å²) in [5, 5.41) is 5.12. The number of carbonyl (C=O) groups excluding carboxylic acids is 3. The maximum absolute atomic E-state index is 12.6. The third kappa shape index (κ3) is 3.62. The Hall–Kier alpha value is -3.72. The Bertz CT molecular complexity index is 1110. The maximum atomic E-state index is 12.6. The fourth-order valence-corrected chi connectivity index (χ4v) is 4.33. The zero-order valence-corrected chi connectivity index (χ0v) is 16.9. The van der Waals surface area contributed by atoms with Crippen LogP contribution in [0.25, 0.3) is 0 Å². The van der Waals surface area contributed by atoms with Crippen molar-refractivity contribution in [3.8, 4) is 0 Å². The number of hydrogen-bond acceptors (Lipinski definition) is 6. The topological polar surface area (TPSA) is 109 Å². The molecule has 0 bridgehead atoms. The highest BCUT2D eigenvalue weighted by Crippen LogP contribution is 2.36. The molecule has 1 aliphatic rings. The number of anilines is 3. The zero-order valence-electron chi connectivity index (χ0n) is 16.1. The standard InChI is InChI=1S/C21H19N5O3S/c1-13(27)26(14-7-3-2-4-8-14)21-23-16(12-30-21)19-24-20(29)15-9-5-6-10-17(15)25(19)11-18(22)28/h2-10,12,19H,11H2,1H3,(H2,22,28)(H,24,29)/t19-/m1/s1. The highest BCUT2D eigenvalue weighted by Gasteiger charge is 2.34. The normalized spacial score (nSPS) is 15.3. The number of aromatic nitrogens is 1. The van der Waals surface area contributed by atoms with Crippen LogP contribution in [0.3, 0.4) is 0 Å². The molecule has 0 unspecified atom stereocenters. The van der Waals surface area contributed by atoms with Crippen molar-refractivity contribution in [2.24, 2.45) is 5.73 Å². The van der Waals surface area contributed by atoms with Gasteiger partial charge in [-0.1, -0.05) is 30.3 Å². The summed E-state index contributed by atoms with van der Waals surface area (Å²) in [4.78, 5) is 44.5. The summed E-state index contributed by atoms with van der Waals surface area (Å²) in [5.74, 6) is -0.984. The van der Waals surface area contributed by atoms with Crippen LogP contribution >= 0.6 is 11.3 Å². The van der Waals surface area contributed by atoms with Crippen molar-refractivity contribution in [1.29, 1.82) is 0 Å². The minimum Gasteiger partial charge on any atom is -0.368 e. The Kier molecular flexibility index (Phi) is 5.20. The largest absolute Gasteiger partial charge is 0.368 e. The molecule has 0 fully saturated rings. The van der Waals surface area contributed by atoms with Gasteiger partial charge >= 0.3 is 0 Å². The monoisotopic (exact) mass is 421 g/mol. The third-order valence-electron chi connectivity index (χ3n) is 4.67. The Morgan fingerprint density at radius 1 is 1.17 bits per heavy atom. The summed E-state index contributed by atoms with van der Waals surface area (Å²) < 4.78 is 0. The number of benzene rings is 2. The fraction of sp³-hybridized carbons (Fsp3) is 0.143. The molecule has 0 saturated heterocycles. The van der Waals surface area contributed by atoms with E-state index in [1.54, 1.807) is 34.5 Å². The lowest BCUT2D eigenvalue weighted by Gasteiger charge is -2.37. The van der Waals surface area contributed by atoms with E-state index in [4.69, 9.17) is 5.73 Å². The third-order valence-corrected chi connectivity index (χ3v) is 5.52. The van der Waals surface area contributed by atoms with Crippen LogP contribution in [0.4, 0.5) is 16.5 Å². The number of nitrogens with zero attached hydrogens (tertiary/aromatic N) is 3. The SMILES string of the molecule is CC(=O)N(c1ccccc1)c1nc([C@@H]2NC(=O)c3ccccc3N2CC(N)=O)cs1. The number of hydrogen-bond donors (Lipinski definition) is 2. The Balaban J connectivity index is 1.73. The molecule has 9 heteroatoms. The number of rotatable bonds is 5. The fourth-order valence-electron chi connectivity index (χ4n) is 3.42. The second-order valence-electron chi connectivity index (χ2n) is 6.73. The number of primary amides is 1. The van der Waals surface area contributed by atoms with Gasteiger partial charge in [-0.2, -0.15) is 0 Å². The van der Waals surface area contributed by atoms with E-state index in [1.807, 2.05) is 30.3 Å².